The van der Waals surface area contributed by atoms with Crippen LogP contribution in [0.4, 0.5) is 23.2 Å². The number of aliphatic hydroxyl groups is 1. The van der Waals surface area contributed by atoms with Crippen LogP contribution in [0.1, 0.15) is 96.5 Å². The van der Waals surface area contributed by atoms with E-state index in [1.54, 1.807) is 0 Å². The lowest BCUT2D eigenvalue weighted by atomic mass is 9.71. The molecule has 1 fully saturated rings. The minimum absolute atomic E-state index is 0.0497. The number of carbonyl (C=O) groups is 1. The molecule has 3 aromatic rings. The van der Waals surface area contributed by atoms with Crippen molar-refractivity contribution < 1.29 is 32.4 Å². The summed E-state index contributed by atoms with van der Waals surface area (Å²) >= 11 is 0. The number of halogens is 4. The Bertz CT molecular complexity index is 1500. The third kappa shape index (κ3) is 5.10. The van der Waals surface area contributed by atoms with Crippen LogP contribution in [0.3, 0.4) is 0 Å². The molecule has 0 amide bonds. The Labute approximate surface area is 227 Å². The van der Waals surface area contributed by atoms with E-state index in [0.29, 0.717) is 60.5 Å². The number of rotatable bonds is 5. The van der Waals surface area contributed by atoms with Crippen molar-refractivity contribution in [1.29, 1.82) is 0 Å². The predicted octanol–water partition coefficient (Wildman–Crippen LogP) is 7.10. The molecule has 1 aromatic carbocycles. The Morgan fingerprint density at radius 2 is 1.80 bits per heavy atom. The number of fused-ring (bicyclic) bond motifs is 1. The van der Waals surface area contributed by atoms with E-state index >= 15 is 0 Å². The zero-order valence-corrected chi connectivity index (χ0v) is 21.9. The molecule has 5 rings (SSSR count). The minimum Gasteiger partial charge on any atom is -0.388 e. The van der Waals surface area contributed by atoms with Crippen molar-refractivity contribution in [2.45, 2.75) is 70.6 Å². The average Bonchev–Trinajstić information content (AvgIpc) is 3.41. The summed E-state index contributed by atoms with van der Waals surface area (Å²) < 4.78 is 54.0. The van der Waals surface area contributed by atoms with Crippen molar-refractivity contribution in [3.8, 4) is 11.1 Å². The van der Waals surface area contributed by atoms with E-state index in [1.807, 2.05) is 13.8 Å². The van der Waals surface area contributed by atoms with Crippen LogP contribution in [0.15, 0.2) is 36.5 Å². The van der Waals surface area contributed by atoms with E-state index in [0.717, 1.165) is 12.8 Å². The zero-order valence-electron chi connectivity index (χ0n) is 21.9. The maximum atomic E-state index is 14.2. The SMILES string of the molecule is CC1(C)Cc2nc(C3CCCC3)c(C(=O)c3ncc(C(F)(F)F)cc3[N+](=O)[O-])c(-c3ccc(F)cc3)c2C(O)C1. The summed E-state index contributed by atoms with van der Waals surface area (Å²) in [6.45, 7) is 3.98. The third-order valence-electron chi connectivity index (χ3n) is 7.78. The Hall–Kier alpha value is -3.73. The Kier molecular flexibility index (Phi) is 6.98. The minimum atomic E-state index is -4.90. The van der Waals surface area contributed by atoms with Gasteiger partial charge in [-0.25, -0.2) is 9.37 Å². The summed E-state index contributed by atoms with van der Waals surface area (Å²) in [6, 6.07) is 5.59. The van der Waals surface area contributed by atoms with Gasteiger partial charge < -0.3 is 5.11 Å². The number of carbonyl (C=O) groups excluding carboxylic acids is 1. The van der Waals surface area contributed by atoms with Crippen LogP contribution in [-0.2, 0) is 12.6 Å². The highest BCUT2D eigenvalue weighted by Crippen LogP contribution is 2.48. The number of nitrogens with zero attached hydrogens (tertiary/aromatic N) is 3. The highest BCUT2D eigenvalue weighted by Gasteiger charge is 2.41. The molecule has 1 atom stereocenters. The van der Waals surface area contributed by atoms with Gasteiger partial charge in [0.05, 0.1) is 27.8 Å². The molecule has 7 nitrogen and oxygen atoms in total. The number of benzene rings is 1. The molecule has 2 aliphatic carbocycles. The van der Waals surface area contributed by atoms with Gasteiger partial charge in [-0.2, -0.15) is 13.2 Å². The van der Waals surface area contributed by atoms with Gasteiger partial charge in [-0.1, -0.05) is 38.8 Å². The summed E-state index contributed by atoms with van der Waals surface area (Å²) in [5.74, 6) is -1.68. The van der Waals surface area contributed by atoms with E-state index in [1.165, 1.54) is 24.3 Å². The van der Waals surface area contributed by atoms with Crippen LogP contribution in [0, 0.1) is 21.3 Å². The van der Waals surface area contributed by atoms with Crippen LogP contribution in [0.2, 0.25) is 0 Å². The van der Waals surface area contributed by atoms with Crippen molar-refractivity contribution in [3.63, 3.8) is 0 Å². The van der Waals surface area contributed by atoms with E-state index in [4.69, 9.17) is 4.98 Å². The molecule has 11 heteroatoms. The summed E-state index contributed by atoms with van der Waals surface area (Å²) in [5.41, 5.74) is -1.59. The van der Waals surface area contributed by atoms with Crippen LogP contribution < -0.4 is 0 Å². The number of hydrogen-bond acceptors (Lipinski definition) is 6. The standard InChI is InChI=1S/C29H27F4N3O4/c1-28(2)12-19-23(21(37)13-28)22(15-7-9-18(30)10-8-15)24(25(35-19)16-5-3-4-6-16)27(38)26-20(36(39)40)11-17(14-34-26)29(31,32)33/h7-11,14,16,21,37H,3-6,12-13H2,1-2H3. The Morgan fingerprint density at radius 3 is 2.40 bits per heavy atom. The molecular weight excluding hydrogens is 530 g/mol. The highest BCUT2D eigenvalue weighted by molar-refractivity contribution is 6.15. The lowest BCUT2D eigenvalue weighted by molar-refractivity contribution is -0.385. The van der Waals surface area contributed by atoms with Gasteiger partial charge in [0, 0.05) is 35.0 Å². The summed E-state index contributed by atoms with van der Waals surface area (Å²) in [6.07, 6.45) is -1.59. The average molecular weight is 558 g/mol. The van der Waals surface area contributed by atoms with E-state index in [-0.39, 0.29) is 22.5 Å². The zero-order chi connectivity index (χ0) is 29.0. The summed E-state index contributed by atoms with van der Waals surface area (Å²) in [7, 11) is 0. The molecule has 0 bridgehead atoms. The molecule has 1 unspecified atom stereocenters. The Balaban J connectivity index is 1.84. The van der Waals surface area contributed by atoms with Crippen LogP contribution in [0.25, 0.3) is 11.1 Å². The first-order chi connectivity index (χ1) is 18.8. The second-order valence-corrected chi connectivity index (χ2v) is 11.3. The van der Waals surface area contributed by atoms with Crippen molar-refractivity contribution in [2.24, 2.45) is 5.41 Å². The van der Waals surface area contributed by atoms with Gasteiger partial charge in [0.1, 0.15) is 5.82 Å². The molecule has 0 spiro atoms. The molecule has 0 radical (unpaired) electrons. The van der Waals surface area contributed by atoms with Gasteiger partial charge >= 0.3 is 6.18 Å². The van der Waals surface area contributed by atoms with Crippen molar-refractivity contribution in [1.82, 2.24) is 9.97 Å². The molecule has 2 aromatic heterocycles. The van der Waals surface area contributed by atoms with Crippen LogP contribution in [0.5, 0.6) is 0 Å². The monoisotopic (exact) mass is 557 g/mol. The molecule has 2 aliphatic rings. The van der Waals surface area contributed by atoms with Gasteiger partial charge in [-0.05, 0) is 48.8 Å². The first kappa shape index (κ1) is 27.8. The van der Waals surface area contributed by atoms with E-state index in [9.17, 15) is 37.6 Å². The fraction of sp³-hybridized carbons (Fsp3) is 0.414. The van der Waals surface area contributed by atoms with Gasteiger partial charge in [0.15, 0.2) is 5.69 Å². The number of aromatic nitrogens is 2. The lowest BCUT2D eigenvalue weighted by Gasteiger charge is -2.36. The molecule has 1 saturated carbocycles. The number of nitro groups is 1. The van der Waals surface area contributed by atoms with Crippen molar-refractivity contribution >= 4 is 11.5 Å². The number of aliphatic hydroxyl groups excluding tert-OH is 1. The second-order valence-electron chi connectivity index (χ2n) is 11.3. The number of hydrogen-bond donors (Lipinski definition) is 1. The van der Waals surface area contributed by atoms with E-state index < -0.39 is 45.7 Å². The first-order valence-corrected chi connectivity index (χ1v) is 13.0. The summed E-state index contributed by atoms with van der Waals surface area (Å²) in [4.78, 5) is 33.6. The number of pyridine rings is 2. The van der Waals surface area contributed by atoms with E-state index in [2.05, 4.69) is 4.98 Å². The van der Waals surface area contributed by atoms with Crippen LogP contribution >= 0.6 is 0 Å². The van der Waals surface area contributed by atoms with Crippen molar-refractivity contribution in [2.75, 3.05) is 0 Å². The van der Waals surface area contributed by atoms with Gasteiger partial charge in [0.2, 0.25) is 5.78 Å². The fourth-order valence-corrected chi connectivity index (χ4v) is 5.99. The lowest BCUT2D eigenvalue weighted by Crippen LogP contribution is -2.29. The fourth-order valence-electron chi connectivity index (χ4n) is 5.99. The Morgan fingerprint density at radius 1 is 1.15 bits per heavy atom. The molecule has 40 heavy (non-hydrogen) atoms. The molecule has 210 valence electrons. The predicted molar refractivity (Wildman–Crippen MR) is 137 cm³/mol. The molecule has 1 N–H and O–H groups in total. The van der Waals surface area contributed by atoms with Gasteiger partial charge in [-0.15, -0.1) is 0 Å². The number of ketones is 1. The van der Waals surface area contributed by atoms with Gasteiger partial charge in [-0.3, -0.25) is 19.9 Å². The molecule has 0 aliphatic heterocycles. The molecule has 0 saturated heterocycles. The normalized spacial score (nSPS) is 18.9. The second kappa shape index (κ2) is 10.0. The molecular formula is C29H27F4N3O4. The topological polar surface area (TPSA) is 106 Å². The highest BCUT2D eigenvalue weighted by atomic mass is 19.4. The maximum absolute atomic E-state index is 14.2. The maximum Gasteiger partial charge on any atom is 0.418 e. The van der Waals surface area contributed by atoms with Crippen molar-refractivity contribution in [3.05, 3.63) is 86.2 Å². The first-order valence-electron chi connectivity index (χ1n) is 13.0. The van der Waals surface area contributed by atoms with Gasteiger partial charge in [0.25, 0.3) is 5.69 Å². The molecule has 2 heterocycles. The smallest absolute Gasteiger partial charge is 0.388 e. The quantitative estimate of drug-likeness (QED) is 0.155. The largest absolute Gasteiger partial charge is 0.418 e. The van der Waals surface area contributed by atoms with Crippen LogP contribution in [-0.4, -0.2) is 25.8 Å². The number of alkyl halides is 3. The third-order valence-corrected chi connectivity index (χ3v) is 7.78. The summed E-state index contributed by atoms with van der Waals surface area (Å²) in [5, 5.41) is 23.2.